The van der Waals surface area contributed by atoms with Crippen molar-refractivity contribution < 1.29 is 9.90 Å². The summed E-state index contributed by atoms with van der Waals surface area (Å²) in [6.07, 6.45) is 0. The molecule has 0 aliphatic carbocycles. The maximum atomic E-state index is 11.8. The Balaban J connectivity index is 1.82. The number of nitrogens with zero attached hydrogens (tertiary/aromatic N) is 1. The van der Waals surface area contributed by atoms with Gasteiger partial charge >= 0.3 is 0 Å². The van der Waals surface area contributed by atoms with Gasteiger partial charge in [-0.05, 0) is 30.7 Å². The van der Waals surface area contributed by atoms with Crippen molar-refractivity contribution in [2.24, 2.45) is 5.10 Å². The first-order valence-corrected chi connectivity index (χ1v) is 8.95. The number of carbonyl (C=O) groups is 1. The zero-order valence-corrected chi connectivity index (χ0v) is 15.0. The number of phenols is 1. The van der Waals surface area contributed by atoms with E-state index in [1.165, 1.54) is 11.8 Å². The molecule has 1 amide bonds. The van der Waals surface area contributed by atoms with E-state index in [2.05, 4.69) is 26.5 Å². The van der Waals surface area contributed by atoms with Crippen LogP contribution in [0.4, 0.5) is 0 Å². The molecule has 4 nitrogen and oxygen atoms in total. The van der Waals surface area contributed by atoms with Crippen molar-refractivity contribution in [3.63, 3.8) is 0 Å². The average molecular weight is 393 g/mol. The van der Waals surface area contributed by atoms with Gasteiger partial charge in [0.05, 0.1) is 11.5 Å². The van der Waals surface area contributed by atoms with E-state index in [1.807, 2.05) is 30.3 Å². The highest BCUT2D eigenvalue weighted by atomic mass is 79.9. The van der Waals surface area contributed by atoms with Crippen LogP contribution in [0.3, 0.4) is 0 Å². The van der Waals surface area contributed by atoms with Crippen LogP contribution in [0.1, 0.15) is 18.1 Å². The minimum absolute atomic E-state index is 0.145. The molecule has 2 N–H and O–H groups in total. The SMILES string of the molecule is C/C(=N\NC(=O)CSCc1ccccc1Br)c1ccccc1O. The first kappa shape index (κ1) is 17.6. The molecular formula is C17H17BrN2O2S. The van der Waals surface area contributed by atoms with Crippen LogP contribution in [-0.2, 0) is 10.5 Å². The van der Waals surface area contributed by atoms with Crippen molar-refractivity contribution in [2.45, 2.75) is 12.7 Å². The number of hydrazone groups is 1. The lowest BCUT2D eigenvalue weighted by atomic mass is 10.1. The second-order valence-electron chi connectivity index (χ2n) is 4.83. The molecule has 0 aliphatic rings. The summed E-state index contributed by atoms with van der Waals surface area (Å²) >= 11 is 5.01. The molecule has 0 atom stereocenters. The van der Waals surface area contributed by atoms with Crippen LogP contribution in [0.5, 0.6) is 5.75 Å². The number of benzene rings is 2. The van der Waals surface area contributed by atoms with Gasteiger partial charge in [-0.3, -0.25) is 4.79 Å². The molecule has 0 aliphatic heterocycles. The van der Waals surface area contributed by atoms with Gasteiger partial charge in [0.25, 0.3) is 0 Å². The molecule has 0 unspecified atom stereocenters. The third-order valence-electron chi connectivity index (χ3n) is 3.09. The fourth-order valence-electron chi connectivity index (χ4n) is 1.89. The van der Waals surface area contributed by atoms with E-state index < -0.39 is 0 Å². The van der Waals surface area contributed by atoms with Crippen molar-refractivity contribution in [1.29, 1.82) is 0 Å². The van der Waals surface area contributed by atoms with Gasteiger partial charge in [0.2, 0.25) is 5.91 Å². The molecule has 0 saturated heterocycles. The van der Waals surface area contributed by atoms with Crippen molar-refractivity contribution >= 4 is 39.3 Å². The van der Waals surface area contributed by atoms with Crippen LogP contribution < -0.4 is 5.43 Å². The lowest BCUT2D eigenvalue weighted by molar-refractivity contribution is -0.118. The predicted octanol–water partition coefficient (Wildman–Crippen LogP) is 3.93. The summed E-state index contributed by atoms with van der Waals surface area (Å²) < 4.78 is 1.04. The summed E-state index contributed by atoms with van der Waals surface area (Å²) in [7, 11) is 0. The van der Waals surface area contributed by atoms with Gasteiger partial charge in [-0.1, -0.05) is 46.3 Å². The van der Waals surface area contributed by atoms with E-state index >= 15 is 0 Å². The van der Waals surface area contributed by atoms with Gasteiger partial charge in [0, 0.05) is 15.8 Å². The Morgan fingerprint density at radius 3 is 2.65 bits per heavy atom. The van der Waals surface area contributed by atoms with E-state index in [0.717, 1.165) is 15.8 Å². The fourth-order valence-corrected chi connectivity index (χ4v) is 3.32. The molecular weight excluding hydrogens is 376 g/mol. The lowest BCUT2D eigenvalue weighted by Gasteiger charge is -2.05. The normalized spacial score (nSPS) is 11.3. The number of carbonyl (C=O) groups excluding carboxylic acids is 1. The minimum atomic E-state index is -0.170. The zero-order valence-electron chi connectivity index (χ0n) is 12.6. The number of hydrogen-bond donors (Lipinski definition) is 2. The highest BCUT2D eigenvalue weighted by molar-refractivity contribution is 9.10. The quantitative estimate of drug-likeness (QED) is 0.578. The van der Waals surface area contributed by atoms with E-state index in [0.29, 0.717) is 17.0 Å². The molecule has 0 aromatic heterocycles. The number of thioether (sulfide) groups is 1. The Bertz CT molecular complexity index is 719. The van der Waals surface area contributed by atoms with Gasteiger partial charge < -0.3 is 5.11 Å². The zero-order chi connectivity index (χ0) is 16.7. The highest BCUT2D eigenvalue weighted by Crippen LogP contribution is 2.21. The highest BCUT2D eigenvalue weighted by Gasteiger charge is 2.06. The molecule has 0 saturated carbocycles. The van der Waals surface area contributed by atoms with Crippen LogP contribution in [-0.4, -0.2) is 22.5 Å². The second kappa shape index (κ2) is 8.74. The maximum absolute atomic E-state index is 11.8. The summed E-state index contributed by atoms with van der Waals surface area (Å²) in [5, 5.41) is 13.8. The summed E-state index contributed by atoms with van der Waals surface area (Å²) in [5.74, 6) is 1.04. The van der Waals surface area contributed by atoms with Crippen molar-refractivity contribution in [2.75, 3.05) is 5.75 Å². The Labute approximate surface area is 148 Å². The van der Waals surface area contributed by atoms with Crippen LogP contribution in [0.15, 0.2) is 58.1 Å². The molecule has 0 heterocycles. The van der Waals surface area contributed by atoms with Gasteiger partial charge in [-0.2, -0.15) is 5.10 Å². The first-order valence-electron chi connectivity index (χ1n) is 7.00. The van der Waals surface area contributed by atoms with Crippen molar-refractivity contribution in [3.05, 3.63) is 64.1 Å². The summed E-state index contributed by atoms with van der Waals surface area (Å²) in [6.45, 7) is 1.74. The molecule has 120 valence electrons. The van der Waals surface area contributed by atoms with Crippen LogP contribution in [0.25, 0.3) is 0 Å². The van der Waals surface area contributed by atoms with Crippen molar-refractivity contribution in [3.8, 4) is 5.75 Å². The molecule has 0 bridgehead atoms. The Kier molecular flexibility index (Phi) is 6.67. The molecule has 6 heteroatoms. The minimum Gasteiger partial charge on any atom is -0.507 e. The smallest absolute Gasteiger partial charge is 0.250 e. The number of para-hydroxylation sites is 1. The Morgan fingerprint density at radius 2 is 1.91 bits per heavy atom. The lowest BCUT2D eigenvalue weighted by Crippen LogP contribution is -2.21. The summed E-state index contributed by atoms with van der Waals surface area (Å²) in [4.78, 5) is 11.8. The van der Waals surface area contributed by atoms with Crippen LogP contribution in [0, 0.1) is 0 Å². The summed E-state index contributed by atoms with van der Waals surface area (Å²) in [6, 6.07) is 14.8. The third-order valence-corrected chi connectivity index (χ3v) is 4.85. The number of aromatic hydroxyl groups is 1. The standard InChI is InChI=1S/C17H17BrN2O2S/c1-12(14-7-3-5-9-16(14)21)19-20-17(22)11-23-10-13-6-2-4-8-15(13)18/h2-9,21H,10-11H2,1H3,(H,20,22)/b19-12+. The molecule has 0 fully saturated rings. The number of nitrogens with one attached hydrogen (secondary N) is 1. The van der Waals surface area contributed by atoms with Gasteiger partial charge in [-0.15, -0.1) is 11.8 Å². The first-order chi connectivity index (χ1) is 11.1. The van der Waals surface area contributed by atoms with E-state index in [1.54, 1.807) is 25.1 Å². The van der Waals surface area contributed by atoms with Crippen LogP contribution in [0.2, 0.25) is 0 Å². The summed E-state index contributed by atoms with van der Waals surface area (Å²) in [5.41, 5.74) is 4.83. The predicted molar refractivity (Wildman–Crippen MR) is 98.8 cm³/mol. The van der Waals surface area contributed by atoms with E-state index in [4.69, 9.17) is 0 Å². The number of hydrogen-bond acceptors (Lipinski definition) is 4. The number of phenolic OH excluding ortho intramolecular Hbond substituents is 1. The van der Waals surface area contributed by atoms with Gasteiger partial charge in [-0.25, -0.2) is 5.43 Å². The van der Waals surface area contributed by atoms with Gasteiger partial charge in [0.1, 0.15) is 5.75 Å². The number of rotatable bonds is 6. The largest absolute Gasteiger partial charge is 0.507 e. The fraction of sp³-hybridized carbons (Fsp3) is 0.176. The third kappa shape index (κ3) is 5.41. The number of amides is 1. The van der Waals surface area contributed by atoms with Crippen LogP contribution >= 0.6 is 27.7 Å². The molecule has 23 heavy (non-hydrogen) atoms. The maximum Gasteiger partial charge on any atom is 0.250 e. The van der Waals surface area contributed by atoms with Crippen molar-refractivity contribution in [1.82, 2.24) is 5.43 Å². The number of halogens is 1. The molecule has 0 spiro atoms. The topological polar surface area (TPSA) is 61.7 Å². The Hall–Kier alpha value is -1.79. The second-order valence-corrected chi connectivity index (χ2v) is 6.67. The van der Waals surface area contributed by atoms with E-state index in [-0.39, 0.29) is 11.7 Å². The molecule has 2 aromatic rings. The monoisotopic (exact) mass is 392 g/mol. The molecule has 2 aromatic carbocycles. The molecule has 2 rings (SSSR count). The van der Waals surface area contributed by atoms with Gasteiger partial charge in [0.15, 0.2) is 0 Å². The molecule has 0 radical (unpaired) electrons. The van der Waals surface area contributed by atoms with E-state index in [9.17, 15) is 9.90 Å². The Morgan fingerprint density at radius 1 is 1.22 bits per heavy atom. The average Bonchev–Trinajstić information content (AvgIpc) is 2.55.